The third kappa shape index (κ3) is 10.8. The first kappa shape index (κ1) is 25.5. The lowest BCUT2D eigenvalue weighted by Crippen LogP contribution is -2.24. The van der Waals surface area contributed by atoms with Crippen molar-refractivity contribution >= 4 is 8.81 Å². The van der Waals surface area contributed by atoms with E-state index in [9.17, 15) is 10.2 Å². The number of unbranched alkanes of at least 4 members (excludes halogenated alkanes) is 6. The van der Waals surface area contributed by atoms with E-state index in [1.54, 1.807) is 6.20 Å². The van der Waals surface area contributed by atoms with Crippen LogP contribution in [0.3, 0.4) is 0 Å². The van der Waals surface area contributed by atoms with Gasteiger partial charge in [0.05, 0.1) is 12.4 Å². The van der Waals surface area contributed by atoms with Crippen LogP contribution in [0.2, 0.25) is 0 Å². The van der Waals surface area contributed by atoms with Crippen LogP contribution < -0.4 is 5.32 Å². The molecule has 0 aromatic carbocycles. The lowest BCUT2D eigenvalue weighted by molar-refractivity contribution is 0.137. The molecule has 0 aliphatic heterocycles. The summed E-state index contributed by atoms with van der Waals surface area (Å²) in [6, 6.07) is 0. The molecule has 0 bridgehead atoms. The third-order valence-electron chi connectivity index (χ3n) is 5.66. The summed E-state index contributed by atoms with van der Waals surface area (Å²) in [5, 5.41) is 22.9. The molecular formula is C23H44NO3P. The van der Waals surface area contributed by atoms with Crippen LogP contribution in [0.4, 0.5) is 0 Å². The standard InChI is InChI=1S/C23H44NO3P/c1-6-7-8-9-10-11-12-13-20-19(5)23(20)28-27-16-18(4)21(25)14-22(26)24-15-17(2)3/h15,19-20,22-26,28H,6-14,16H2,1-5H3/b21-18-/t19-,20?,22?,23-/m1/s1. The summed E-state index contributed by atoms with van der Waals surface area (Å²) in [6.07, 6.45) is 12.2. The lowest BCUT2D eigenvalue weighted by Gasteiger charge is -2.13. The van der Waals surface area contributed by atoms with Crippen molar-refractivity contribution in [1.82, 2.24) is 5.32 Å². The molecule has 1 rings (SSSR count). The van der Waals surface area contributed by atoms with Gasteiger partial charge >= 0.3 is 0 Å². The van der Waals surface area contributed by atoms with E-state index in [4.69, 9.17) is 4.52 Å². The van der Waals surface area contributed by atoms with E-state index in [0.29, 0.717) is 21.1 Å². The van der Waals surface area contributed by atoms with Crippen LogP contribution in [-0.2, 0) is 4.52 Å². The Morgan fingerprint density at radius 3 is 2.39 bits per heavy atom. The lowest BCUT2D eigenvalue weighted by atomic mass is 10.1. The molecule has 3 N–H and O–H groups in total. The molecule has 0 spiro atoms. The molecule has 28 heavy (non-hydrogen) atoms. The number of rotatable bonds is 16. The van der Waals surface area contributed by atoms with E-state index in [2.05, 4.69) is 19.2 Å². The predicted octanol–water partition coefficient (Wildman–Crippen LogP) is 6.43. The molecule has 1 aliphatic carbocycles. The largest absolute Gasteiger partial charge is 0.512 e. The number of aliphatic hydroxyl groups excluding tert-OH is 2. The highest BCUT2D eigenvalue weighted by Gasteiger charge is 2.45. The van der Waals surface area contributed by atoms with Gasteiger partial charge < -0.3 is 20.1 Å². The molecule has 0 amide bonds. The molecule has 1 aliphatic rings. The monoisotopic (exact) mass is 413 g/mol. The molecule has 0 saturated heterocycles. The van der Waals surface area contributed by atoms with Gasteiger partial charge in [-0.2, -0.15) is 0 Å². The molecule has 1 saturated carbocycles. The minimum Gasteiger partial charge on any atom is -0.512 e. The van der Waals surface area contributed by atoms with Crippen molar-refractivity contribution in [3.63, 3.8) is 0 Å². The van der Waals surface area contributed by atoms with Gasteiger partial charge in [0, 0.05) is 20.9 Å². The van der Waals surface area contributed by atoms with Gasteiger partial charge in [0.25, 0.3) is 0 Å². The summed E-state index contributed by atoms with van der Waals surface area (Å²) in [5.41, 5.74) is 2.59. The summed E-state index contributed by atoms with van der Waals surface area (Å²) in [7, 11) is 0.518. The summed E-state index contributed by atoms with van der Waals surface area (Å²) >= 11 is 0. The molecule has 0 aromatic heterocycles. The zero-order chi connectivity index (χ0) is 20.9. The van der Waals surface area contributed by atoms with Gasteiger partial charge in [-0.25, -0.2) is 0 Å². The van der Waals surface area contributed by atoms with Crippen molar-refractivity contribution in [3.05, 3.63) is 23.1 Å². The molecule has 0 radical (unpaired) electrons. The predicted molar refractivity (Wildman–Crippen MR) is 122 cm³/mol. The fourth-order valence-corrected chi connectivity index (χ4v) is 5.02. The molecule has 0 heterocycles. The summed E-state index contributed by atoms with van der Waals surface area (Å²) in [6.45, 7) is 10.8. The van der Waals surface area contributed by atoms with Crippen LogP contribution in [0, 0.1) is 11.8 Å². The summed E-state index contributed by atoms with van der Waals surface area (Å²) in [4.78, 5) is 0. The number of aliphatic hydroxyl groups is 2. The highest BCUT2D eigenvalue weighted by molar-refractivity contribution is 7.33. The topological polar surface area (TPSA) is 61.7 Å². The van der Waals surface area contributed by atoms with Crippen LogP contribution in [-0.4, -0.2) is 28.7 Å². The summed E-state index contributed by atoms with van der Waals surface area (Å²) in [5.74, 6) is 1.84. The van der Waals surface area contributed by atoms with E-state index in [1.807, 2.05) is 20.8 Å². The number of allylic oxidation sites excluding steroid dienone is 1. The quantitative estimate of drug-likeness (QED) is 0.118. The van der Waals surface area contributed by atoms with Crippen LogP contribution in [0.1, 0.15) is 92.4 Å². The Bertz CT molecular complexity index is 488. The number of nitrogens with one attached hydrogen (secondary N) is 1. The van der Waals surface area contributed by atoms with Crippen molar-refractivity contribution < 1.29 is 14.7 Å². The van der Waals surface area contributed by atoms with Crippen LogP contribution in [0.25, 0.3) is 0 Å². The van der Waals surface area contributed by atoms with Gasteiger partial charge in [-0.3, -0.25) is 0 Å². The summed E-state index contributed by atoms with van der Waals surface area (Å²) < 4.78 is 5.89. The van der Waals surface area contributed by atoms with E-state index in [-0.39, 0.29) is 12.2 Å². The fourth-order valence-electron chi connectivity index (χ4n) is 3.53. The minimum absolute atomic E-state index is 0.197. The Hall–Kier alpha value is -0.570. The van der Waals surface area contributed by atoms with Crippen LogP contribution in [0.5, 0.6) is 0 Å². The average molecular weight is 414 g/mol. The maximum Gasteiger partial charge on any atom is 0.131 e. The van der Waals surface area contributed by atoms with Gasteiger partial charge in [0.15, 0.2) is 0 Å². The molecule has 5 atom stereocenters. The molecule has 3 unspecified atom stereocenters. The van der Waals surface area contributed by atoms with E-state index in [0.717, 1.165) is 23.0 Å². The van der Waals surface area contributed by atoms with Crippen molar-refractivity contribution in [2.45, 2.75) is 104 Å². The van der Waals surface area contributed by atoms with Gasteiger partial charge in [-0.15, -0.1) is 0 Å². The Balaban J connectivity index is 2.15. The van der Waals surface area contributed by atoms with E-state index in [1.165, 1.54) is 51.4 Å². The Morgan fingerprint density at radius 2 is 1.75 bits per heavy atom. The van der Waals surface area contributed by atoms with Crippen molar-refractivity contribution in [2.75, 3.05) is 6.61 Å². The molecular weight excluding hydrogens is 369 g/mol. The SMILES string of the molecule is CCCCCCCCCC1[C@@H](C)[C@H]1POC/C(C)=C(\O)CC(O)NC=C(C)C. The maximum absolute atomic E-state index is 10.1. The highest BCUT2D eigenvalue weighted by atomic mass is 31.1. The first-order chi connectivity index (χ1) is 13.4. The molecule has 5 heteroatoms. The Kier molecular flexibility index (Phi) is 13.1. The van der Waals surface area contributed by atoms with Gasteiger partial charge in [-0.1, -0.05) is 64.4 Å². The maximum atomic E-state index is 10.1. The van der Waals surface area contributed by atoms with Gasteiger partial charge in [0.2, 0.25) is 0 Å². The molecule has 1 fully saturated rings. The average Bonchev–Trinajstić information content (AvgIpc) is 3.27. The molecule has 4 nitrogen and oxygen atoms in total. The normalized spacial score (nSPS) is 23.6. The van der Waals surface area contributed by atoms with Crippen LogP contribution in [0.15, 0.2) is 23.1 Å². The number of hydrogen-bond donors (Lipinski definition) is 3. The van der Waals surface area contributed by atoms with Crippen LogP contribution >= 0.6 is 8.81 Å². The zero-order valence-electron chi connectivity index (χ0n) is 18.8. The smallest absolute Gasteiger partial charge is 0.131 e. The minimum atomic E-state index is -0.776. The Morgan fingerprint density at radius 1 is 1.11 bits per heavy atom. The van der Waals surface area contributed by atoms with Crippen molar-refractivity contribution in [2.24, 2.45) is 11.8 Å². The number of hydrogen-bond acceptors (Lipinski definition) is 4. The van der Waals surface area contributed by atoms with E-state index >= 15 is 0 Å². The first-order valence-corrected chi connectivity index (χ1v) is 12.2. The van der Waals surface area contributed by atoms with Crippen molar-refractivity contribution in [1.29, 1.82) is 0 Å². The van der Waals surface area contributed by atoms with Crippen molar-refractivity contribution in [3.8, 4) is 0 Å². The van der Waals surface area contributed by atoms with E-state index < -0.39 is 6.23 Å². The third-order valence-corrected chi connectivity index (χ3v) is 7.19. The fraction of sp³-hybridized carbons (Fsp3) is 0.826. The highest BCUT2D eigenvalue weighted by Crippen LogP contribution is 2.54. The van der Waals surface area contributed by atoms with Gasteiger partial charge in [0.1, 0.15) is 6.23 Å². The second-order valence-corrected chi connectivity index (χ2v) is 9.89. The second kappa shape index (κ2) is 14.4. The Labute approximate surface area is 175 Å². The molecule has 0 aromatic rings. The van der Waals surface area contributed by atoms with Gasteiger partial charge in [-0.05, 0) is 50.8 Å². The zero-order valence-corrected chi connectivity index (χ0v) is 19.8. The first-order valence-electron chi connectivity index (χ1n) is 11.2. The second-order valence-electron chi connectivity index (χ2n) is 8.70. The molecule has 164 valence electrons.